The lowest BCUT2D eigenvalue weighted by molar-refractivity contribution is -0.136. The lowest BCUT2D eigenvalue weighted by atomic mass is 10.2. The molecule has 2 aliphatic rings. The van der Waals surface area contributed by atoms with Gasteiger partial charge in [-0.05, 0) is 0 Å². The van der Waals surface area contributed by atoms with Crippen LogP contribution in [0.1, 0.15) is 13.3 Å². The summed E-state index contributed by atoms with van der Waals surface area (Å²) in [6, 6.07) is 0. The van der Waals surface area contributed by atoms with Crippen molar-refractivity contribution >= 4 is 18.2 Å². The molecule has 0 aromatic carbocycles. The summed E-state index contributed by atoms with van der Waals surface area (Å²) in [7, 11) is 0. The van der Waals surface area contributed by atoms with Crippen molar-refractivity contribution < 1.29 is 14.4 Å². The van der Waals surface area contributed by atoms with Gasteiger partial charge in [0, 0.05) is 72.2 Å². The maximum absolute atomic E-state index is 12.1. The maximum Gasteiger partial charge on any atom is 0.223 e. The van der Waals surface area contributed by atoms with Crippen LogP contribution >= 0.6 is 0 Å². The number of carbonyl (C=O) groups is 3. The van der Waals surface area contributed by atoms with Crippen molar-refractivity contribution in [2.75, 3.05) is 58.9 Å². The van der Waals surface area contributed by atoms with E-state index in [1.807, 2.05) is 9.80 Å². The normalized spacial score (nSPS) is 20.5. The molecule has 0 aromatic heterocycles. The van der Waals surface area contributed by atoms with Crippen molar-refractivity contribution in [2.24, 2.45) is 0 Å². The van der Waals surface area contributed by atoms with E-state index < -0.39 is 0 Å². The van der Waals surface area contributed by atoms with Gasteiger partial charge in [0.2, 0.25) is 18.2 Å². The van der Waals surface area contributed by atoms with Gasteiger partial charge in [-0.2, -0.15) is 0 Å². The minimum Gasteiger partial charge on any atom is -0.342 e. The second-order valence-corrected chi connectivity index (χ2v) is 5.62. The van der Waals surface area contributed by atoms with E-state index in [9.17, 15) is 14.4 Å². The van der Waals surface area contributed by atoms with Gasteiger partial charge < -0.3 is 14.7 Å². The Morgan fingerprint density at radius 3 is 2.00 bits per heavy atom. The Bertz CT molecular complexity index is 386. The fraction of sp³-hybridized carbons (Fsp3) is 0.786. The van der Waals surface area contributed by atoms with Crippen molar-refractivity contribution in [1.82, 2.24) is 19.6 Å². The first-order valence-electron chi connectivity index (χ1n) is 7.55. The number of carbonyl (C=O) groups excluding carboxylic acids is 3. The molecule has 2 aliphatic heterocycles. The van der Waals surface area contributed by atoms with Crippen LogP contribution in [0.4, 0.5) is 0 Å². The summed E-state index contributed by atoms with van der Waals surface area (Å²) in [5.74, 6) is 0.285. The van der Waals surface area contributed by atoms with Gasteiger partial charge in [-0.15, -0.1) is 0 Å². The Morgan fingerprint density at radius 1 is 0.905 bits per heavy atom. The summed E-state index contributed by atoms with van der Waals surface area (Å²) in [6.45, 7) is 8.06. The monoisotopic (exact) mass is 296 g/mol. The van der Waals surface area contributed by atoms with E-state index in [2.05, 4.69) is 4.90 Å². The molecule has 0 atom stereocenters. The molecule has 21 heavy (non-hydrogen) atoms. The molecular formula is C14H24N4O3. The van der Waals surface area contributed by atoms with E-state index in [4.69, 9.17) is 0 Å². The highest BCUT2D eigenvalue weighted by Crippen LogP contribution is 2.06. The lowest BCUT2D eigenvalue weighted by Crippen LogP contribution is -2.50. The highest BCUT2D eigenvalue weighted by Gasteiger charge is 2.22. The molecule has 0 aliphatic carbocycles. The smallest absolute Gasteiger partial charge is 0.223 e. The zero-order valence-corrected chi connectivity index (χ0v) is 12.7. The van der Waals surface area contributed by atoms with E-state index in [1.165, 1.54) is 0 Å². The van der Waals surface area contributed by atoms with Crippen LogP contribution in [-0.2, 0) is 14.4 Å². The second-order valence-electron chi connectivity index (χ2n) is 5.62. The second kappa shape index (κ2) is 7.40. The number of hydrogen-bond donors (Lipinski definition) is 0. The molecule has 0 N–H and O–H groups in total. The first-order valence-corrected chi connectivity index (χ1v) is 7.55. The number of nitrogens with zero attached hydrogens (tertiary/aromatic N) is 4. The first kappa shape index (κ1) is 15.8. The summed E-state index contributed by atoms with van der Waals surface area (Å²) < 4.78 is 0. The van der Waals surface area contributed by atoms with Gasteiger partial charge in [-0.25, -0.2) is 0 Å². The van der Waals surface area contributed by atoms with Crippen LogP contribution in [0.3, 0.4) is 0 Å². The third-order valence-electron chi connectivity index (χ3n) is 4.28. The fourth-order valence-electron chi connectivity index (χ4n) is 2.77. The lowest BCUT2D eigenvalue weighted by Gasteiger charge is -2.35. The van der Waals surface area contributed by atoms with E-state index in [0.717, 1.165) is 39.1 Å². The Labute approximate surface area is 125 Å². The summed E-state index contributed by atoms with van der Waals surface area (Å²) in [4.78, 5) is 41.6. The average Bonchev–Trinajstić information content (AvgIpc) is 2.53. The molecule has 7 heteroatoms. The van der Waals surface area contributed by atoms with E-state index in [0.29, 0.717) is 32.6 Å². The van der Waals surface area contributed by atoms with Crippen LogP contribution in [0.15, 0.2) is 0 Å². The molecule has 2 rings (SSSR count). The average molecular weight is 296 g/mol. The number of rotatable bonds is 4. The van der Waals surface area contributed by atoms with Gasteiger partial charge in [0.25, 0.3) is 0 Å². The zero-order chi connectivity index (χ0) is 15.2. The summed E-state index contributed by atoms with van der Waals surface area (Å²) in [6.07, 6.45) is 1.36. The van der Waals surface area contributed by atoms with Gasteiger partial charge in [-0.3, -0.25) is 19.3 Å². The summed E-state index contributed by atoms with van der Waals surface area (Å²) in [5, 5.41) is 0. The van der Waals surface area contributed by atoms with Crippen LogP contribution in [0.5, 0.6) is 0 Å². The number of piperazine rings is 2. The van der Waals surface area contributed by atoms with Gasteiger partial charge in [0.1, 0.15) is 0 Å². The molecule has 2 fully saturated rings. The topological polar surface area (TPSA) is 64.2 Å². The zero-order valence-electron chi connectivity index (χ0n) is 12.7. The maximum atomic E-state index is 12.1. The highest BCUT2D eigenvalue weighted by atomic mass is 16.2. The van der Waals surface area contributed by atoms with Crippen molar-refractivity contribution in [1.29, 1.82) is 0 Å². The van der Waals surface area contributed by atoms with Crippen LogP contribution in [0.25, 0.3) is 0 Å². The Kier molecular flexibility index (Phi) is 5.55. The van der Waals surface area contributed by atoms with Gasteiger partial charge in [0.15, 0.2) is 0 Å². The van der Waals surface area contributed by atoms with Crippen LogP contribution in [0, 0.1) is 0 Å². The van der Waals surface area contributed by atoms with Crippen molar-refractivity contribution in [2.45, 2.75) is 13.3 Å². The van der Waals surface area contributed by atoms with Crippen molar-refractivity contribution in [3.63, 3.8) is 0 Å². The first-order chi connectivity index (χ1) is 10.1. The third kappa shape index (κ3) is 4.42. The molecule has 0 spiro atoms. The molecule has 7 nitrogen and oxygen atoms in total. The predicted octanol–water partition coefficient (Wildman–Crippen LogP) is -1.16. The van der Waals surface area contributed by atoms with Gasteiger partial charge in [0.05, 0.1) is 0 Å². The molecule has 0 saturated carbocycles. The van der Waals surface area contributed by atoms with Crippen LogP contribution in [0.2, 0.25) is 0 Å². The Hall–Kier alpha value is -1.63. The Morgan fingerprint density at radius 2 is 1.48 bits per heavy atom. The minimum absolute atomic E-state index is 0.124. The summed E-state index contributed by atoms with van der Waals surface area (Å²) in [5.41, 5.74) is 0. The number of amides is 3. The SMILES string of the molecule is CC(=O)N1CCN(CCC(=O)N2CCN(C=O)CC2)CC1. The molecule has 2 saturated heterocycles. The van der Waals surface area contributed by atoms with Crippen molar-refractivity contribution in [3.8, 4) is 0 Å². The quantitative estimate of drug-likeness (QED) is 0.614. The third-order valence-corrected chi connectivity index (χ3v) is 4.28. The van der Waals surface area contributed by atoms with E-state index in [-0.39, 0.29) is 11.8 Å². The predicted molar refractivity (Wildman–Crippen MR) is 77.5 cm³/mol. The molecule has 0 bridgehead atoms. The minimum atomic E-state index is 0.124. The van der Waals surface area contributed by atoms with Crippen LogP contribution < -0.4 is 0 Å². The highest BCUT2D eigenvalue weighted by molar-refractivity contribution is 5.76. The van der Waals surface area contributed by atoms with Crippen LogP contribution in [-0.4, -0.2) is 96.7 Å². The molecule has 0 unspecified atom stereocenters. The van der Waals surface area contributed by atoms with Gasteiger partial charge >= 0.3 is 0 Å². The molecular weight excluding hydrogens is 272 g/mol. The molecule has 118 valence electrons. The molecule has 0 radical (unpaired) electrons. The van der Waals surface area contributed by atoms with E-state index in [1.54, 1.807) is 11.8 Å². The van der Waals surface area contributed by atoms with Crippen molar-refractivity contribution in [3.05, 3.63) is 0 Å². The summed E-state index contributed by atoms with van der Waals surface area (Å²) >= 11 is 0. The van der Waals surface area contributed by atoms with E-state index >= 15 is 0 Å². The molecule has 3 amide bonds. The molecule has 2 heterocycles. The fourth-order valence-corrected chi connectivity index (χ4v) is 2.77. The largest absolute Gasteiger partial charge is 0.342 e. The number of hydrogen-bond acceptors (Lipinski definition) is 4. The Balaban J connectivity index is 1.66. The molecule has 0 aromatic rings. The van der Waals surface area contributed by atoms with Gasteiger partial charge in [-0.1, -0.05) is 0 Å². The standard InChI is InChI=1S/C14H24N4O3/c1-13(20)17-8-4-15(5-9-17)3-2-14(21)18-10-6-16(12-19)7-11-18/h12H,2-11H2,1H3.